The summed E-state index contributed by atoms with van der Waals surface area (Å²) in [6, 6.07) is 14.1. The molecule has 0 radical (unpaired) electrons. The highest BCUT2D eigenvalue weighted by atomic mass is 16.5. The molecule has 0 spiro atoms. The normalized spacial score (nSPS) is 12.7. The molecule has 2 aromatic carbocycles. The molecule has 0 fully saturated rings. The SMILES string of the molecule is CCCC(N)c1noc(-c2ccc3ccccc3c2)n1. The van der Waals surface area contributed by atoms with E-state index in [9.17, 15) is 0 Å². The molecule has 3 aromatic rings. The number of nitrogens with two attached hydrogens (primary N) is 1. The van der Waals surface area contributed by atoms with Gasteiger partial charge in [-0.2, -0.15) is 4.98 Å². The molecule has 0 saturated heterocycles. The third kappa shape index (κ3) is 2.42. The molecule has 3 rings (SSSR count). The van der Waals surface area contributed by atoms with Gasteiger partial charge in [-0.3, -0.25) is 0 Å². The molecule has 1 aromatic heterocycles. The van der Waals surface area contributed by atoms with Gasteiger partial charge in [-0.25, -0.2) is 0 Å². The summed E-state index contributed by atoms with van der Waals surface area (Å²) >= 11 is 0. The van der Waals surface area contributed by atoms with Crippen LogP contribution in [0.15, 0.2) is 47.0 Å². The summed E-state index contributed by atoms with van der Waals surface area (Å²) in [4.78, 5) is 4.40. The summed E-state index contributed by atoms with van der Waals surface area (Å²) in [6.07, 6.45) is 1.86. The maximum absolute atomic E-state index is 6.00. The molecule has 1 unspecified atom stereocenters. The van der Waals surface area contributed by atoms with Crippen LogP contribution in [-0.2, 0) is 0 Å². The highest BCUT2D eigenvalue weighted by Crippen LogP contribution is 2.24. The van der Waals surface area contributed by atoms with Gasteiger partial charge in [-0.15, -0.1) is 0 Å². The van der Waals surface area contributed by atoms with Gasteiger partial charge in [-0.05, 0) is 29.3 Å². The summed E-state index contributed by atoms with van der Waals surface area (Å²) < 4.78 is 5.33. The fraction of sp³-hybridized carbons (Fsp3) is 0.250. The number of fused-ring (bicyclic) bond motifs is 1. The topological polar surface area (TPSA) is 64.9 Å². The van der Waals surface area contributed by atoms with Crippen molar-refractivity contribution in [3.63, 3.8) is 0 Å². The lowest BCUT2D eigenvalue weighted by molar-refractivity contribution is 0.413. The average molecular weight is 267 g/mol. The molecule has 102 valence electrons. The van der Waals surface area contributed by atoms with Crippen molar-refractivity contribution in [3.05, 3.63) is 48.3 Å². The van der Waals surface area contributed by atoms with Crippen LogP contribution in [0.2, 0.25) is 0 Å². The molecule has 0 amide bonds. The summed E-state index contributed by atoms with van der Waals surface area (Å²) in [5.41, 5.74) is 6.92. The molecule has 1 heterocycles. The Morgan fingerprint density at radius 3 is 2.75 bits per heavy atom. The molecule has 0 bridgehead atoms. The summed E-state index contributed by atoms with van der Waals surface area (Å²) in [6.45, 7) is 2.09. The van der Waals surface area contributed by atoms with Gasteiger partial charge in [0.25, 0.3) is 5.89 Å². The highest BCUT2D eigenvalue weighted by molar-refractivity contribution is 5.86. The molecule has 0 aliphatic rings. The van der Waals surface area contributed by atoms with E-state index in [4.69, 9.17) is 10.3 Å². The first kappa shape index (κ1) is 12.8. The lowest BCUT2D eigenvalue weighted by Crippen LogP contribution is -2.11. The van der Waals surface area contributed by atoms with Gasteiger partial charge >= 0.3 is 0 Å². The van der Waals surface area contributed by atoms with Crippen molar-refractivity contribution in [1.29, 1.82) is 0 Å². The molecule has 2 N–H and O–H groups in total. The van der Waals surface area contributed by atoms with Crippen LogP contribution in [0.25, 0.3) is 22.2 Å². The van der Waals surface area contributed by atoms with Crippen LogP contribution in [0.5, 0.6) is 0 Å². The second-order valence-electron chi connectivity index (χ2n) is 4.91. The van der Waals surface area contributed by atoms with E-state index < -0.39 is 0 Å². The Labute approximate surface area is 117 Å². The molecule has 0 aliphatic carbocycles. The first-order valence-electron chi connectivity index (χ1n) is 6.86. The predicted molar refractivity (Wildman–Crippen MR) is 79.1 cm³/mol. The molecule has 0 aliphatic heterocycles. The summed E-state index contributed by atoms with van der Waals surface area (Å²) in [5.74, 6) is 1.10. The maximum Gasteiger partial charge on any atom is 0.258 e. The first-order chi connectivity index (χ1) is 9.78. The first-order valence-corrected chi connectivity index (χ1v) is 6.86. The van der Waals surface area contributed by atoms with Crippen LogP contribution >= 0.6 is 0 Å². The largest absolute Gasteiger partial charge is 0.334 e. The Morgan fingerprint density at radius 2 is 1.95 bits per heavy atom. The van der Waals surface area contributed by atoms with E-state index >= 15 is 0 Å². The van der Waals surface area contributed by atoms with Crippen molar-refractivity contribution in [2.24, 2.45) is 5.73 Å². The van der Waals surface area contributed by atoms with Crippen molar-refractivity contribution < 1.29 is 4.52 Å². The molecule has 4 nitrogen and oxygen atoms in total. The van der Waals surface area contributed by atoms with Gasteiger partial charge in [0.15, 0.2) is 5.82 Å². The molecule has 0 saturated carbocycles. The van der Waals surface area contributed by atoms with Crippen LogP contribution in [0.1, 0.15) is 31.6 Å². The van der Waals surface area contributed by atoms with Gasteiger partial charge in [-0.1, -0.05) is 48.8 Å². The van der Waals surface area contributed by atoms with Crippen LogP contribution in [0.3, 0.4) is 0 Å². The van der Waals surface area contributed by atoms with E-state index in [-0.39, 0.29) is 6.04 Å². The standard InChI is InChI=1S/C16H17N3O/c1-2-5-14(17)15-18-16(20-19-15)13-9-8-11-6-3-4-7-12(11)10-13/h3-4,6-10,14H,2,5,17H2,1H3. The summed E-state index contributed by atoms with van der Waals surface area (Å²) in [7, 11) is 0. The number of rotatable bonds is 4. The van der Waals surface area contributed by atoms with Crippen molar-refractivity contribution in [1.82, 2.24) is 10.1 Å². The van der Waals surface area contributed by atoms with E-state index in [1.807, 2.05) is 18.2 Å². The maximum atomic E-state index is 6.00. The second-order valence-corrected chi connectivity index (χ2v) is 4.91. The van der Waals surface area contributed by atoms with E-state index in [0.717, 1.165) is 23.8 Å². The zero-order chi connectivity index (χ0) is 13.9. The van der Waals surface area contributed by atoms with Crippen molar-refractivity contribution in [2.45, 2.75) is 25.8 Å². The quantitative estimate of drug-likeness (QED) is 0.783. The van der Waals surface area contributed by atoms with E-state index in [1.54, 1.807) is 0 Å². The summed E-state index contributed by atoms with van der Waals surface area (Å²) in [5, 5.41) is 6.33. The minimum Gasteiger partial charge on any atom is -0.334 e. The smallest absolute Gasteiger partial charge is 0.258 e. The number of aromatic nitrogens is 2. The van der Waals surface area contributed by atoms with Gasteiger partial charge in [0.1, 0.15) is 0 Å². The Kier molecular flexibility index (Phi) is 3.48. The van der Waals surface area contributed by atoms with Crippen LogP contribution in [-0.4, -0.2) is 10.1 Å². The third-order valence-electron chi connectivity index (χ3n) is 3.37. The van der Waals surface area contributed by atoms with E-state index in [0.29, 0.717) is 11.7 Å². The Bertz CT molecular complexity index is 720. The Morgan fingerprint density at radius 1 is 1.15 bits per heavy atom. The van der Waals surface area contributed by atoms with Gasteiger partial charge in [0.2, 0.25) is 0 Å². The van der Waals surface area contributed by atoms with Crippen LogP contribution in [0.4, 0.5) is 0 Å². The van der Waals surface area contributed by atoms with E-state index in [1.165, 1.54) is 5.39 Å². The number of benzene rings is 2. The minimum absolute atomic E-state index is 0.155. The number of hydrogen-bond acceptors (Lipinski definition) is 4. The van der Waals surface area contributed by atoms with Crippen LogP contribution < -0.4 is 5.73 Å². The highest BCUT2D eigenvalue weighted by Gasteiger charge is 2.14. The number of hydrogen-bond donors (Lipinski definition) is 1. The zero-order valence-electron chi connectivity index (χ0n) is 11.4. The zero-order valence-corrected chi connectivity index (χ0v) is 11.4. The van der Waals surface area contributed by atoms with Gasteiger partial charge in [0.05, 0.1) is 6.04 Å². The molecular weight excluding hydrogens is 250 g/mol. The van der Waals surface area contributed by atoms with Crippen molar-refractivity contribution in [3.8, 4) is 11.5 Å². The van der Waals surface area contributed by atoms with Crippen molar-refractivity contribution >= 4 is 10.8 Å². The number of nitrogens with zero attached hydrogens (tertiary/aromatic N) is 2. The van der Waals surface area contributed by atoms with E-state index in [2.05, 4.69) is 41.3 Å². The van der Waals surface area contributed by atoms with Crippen molar-refractivity contribution in [2.75, 3.05) is 0 Å². The molecular formula is C16H17N3O. The average Bonchev–Trinajstić information content (AvgIpc) is 2.97. The Hall–Kier alpha value is -2.20. The molecule has 1 atom stereocenters. The van der Waals surface area contributed by atoms with Crippen LogP contribution in [0, 0.1) is 0 Å². The predicted octanol–water partition coefficient (Wildman–Crippen LogP) is 3.69. The minimum atomic E-state index is -0.155. The Balaban J connectivity index is 1.94. The molecule has 20 heavy (non-hydrogen) atoms. The fourth-order valence-corrected chi connectivity index (χ4v) is 2.27. The van der Waals surface area contributed by atoms with Gasteiger partial charge < -0.3 is 10.3 Å². The second kappa shape index (κ2) is 5.43. The van der Waals surface area contributed by atoms with Gasteiger partial charge in [0, 0.05) is 5.56 Å². The monoisotopic (exact) mass is 267 g/mol. The molecule has 4 heteroatoms. The lowest BCUT2D eigenvalue weighted by atomic mass is 10.1. The third-order valence-corrected chi connectivity index (χ3v) is 3.37. The fourth-order valence-electron chi connectivity index (χ4n) is 2.27. The lowest BCUT2D eigenvalue weighted by Gasteiger charge is -2.02.